The maximum Gasteiger partial charge on any atom is 0.129 e. The number of hydrogen-bond donors (Lipinski definition) is 1. The molecule has 2 nitrogen and oxygen atoms in total. The summed E-state index contributed by atoms with van der Waals surface area (Å²) in [5, 5.41) is 4.39. The maximum atomic E-state index is 6.15. The number of benzene rings is 3. The van der Waals surface area contributed by atoms with Crippen LogP contribution in [-0.2, 0) is 5.54 Å². The molecular weight excluding hydrogens is 316 g/mol. The Kier molecular flexibility index (Phi) is 3.83. The molecule has 0 fully saturated rings. The first kappa shape index (κ1) is 15.0. The summed E-state index contributed by atoms with van der Waals surface area (Å²) in [4.78, 5) is 4.80. The lowest BCUT2D eigenvalue weighted by Gasteiger charge is -2.31. The van der Waals surface area contributed by atoms with E-state index < -0.39 is 0 Å². The molecule has 0 aromatic heterocycles. The van der Waals surface area contributed by atoms with E-state index in [1.54, 1.807) is 0 Å². The van der Waals surface area contributed by atoms with E-state index in [-0.39, 0.29) is 5.54 Å². The van der Waals surface area contributed by atoms with Crippen LogP contribution in [0.2, 0.25) is 5.02 Å². The molecule has 1 heterocycles. The van der Waals surface area contributed by atoms with Crippen molar-refractivity contribution in [3.8, 4) is 0 Å². The molecule has 1 N–H and O–H groups in total. The SMILES string of the molecule is Clc1cccc(C2=NCC(c3ccccc3)(c3ccccc3)N2)c1. The maximum absolute atomic E-state index is 6.15. The first-order valence-corrected chi connectivity index (χ1v) is 8.35. The predicted molar refractivity (Wildman–Crippen MR) is 99.7 cm³/mol. The number of amidine groups is 1. The van der Waals surface area contributed by atoms with Crippen molar-refractivity contribution < 1.29 is 0 Å². The lowest BCUT2D eigenvalue weighted by molar-refractivity contribution is 0.524. The van der Waals surface area contributed by atoms with Gasteiger partial charge < -0.3 is 5.32 Å². The van der Waals surface area contributed by atoms with Gasteiger partial charge in [-0.2, -0.15) is 0 Å². The average molecular weight is 333 g/mol. The van der Waals surface area contributed by atoms with Crippen LogP contribution in [0.25, 0.3) is 0 Å². The molecule has 3 aromatic carbocycles. The zero-order chi connectivity index (χ0) is 16.4. The molecule has 3 heteroatoms. The minimum absolute atomic E-state index is 0.347. The molecule has 0 spiro atoms. The minimum atomic E-state index is -0.347. The van der Waals surface area contributed by atoms with E-state index >= 15 is 0 Å². The van der Waals surface area contributed by atoms with Gasteiger partial charge in [-0.3, -0.25) is 4.99 Å². The first-order chi connectivity index (χ1) is 11.8. The van der Waals surface area contributed by atoms with Gasteiger partial charge in [0, 0.05) is 10.6 Å². The van der Waals surface area contributed by atoms with E-state index in [2.05, 4.69) is 53.8 Å². The standard InChI is InChI=1S/C21H17ClN2/c22-19-13-7-8-16(14-19)20-23-15-21(24-20,17-9-3-1-4-10-17)18-11-5-2-6-12-18/h1-14H,15H2,(H,23,24). The van der Waals surface area contributed by atoms with E-state index in [1.807, 2.05) is 36.4 Å². The third-order valence-electron chi connectivity index (χ3n) is 4.44. The van der Waals surface area contributed by atoms with Crippen molar-refractivity contribution >= 4 is 17.4 Å². The summed E-state index contributed by atoms with van der Waals surface area (Å²) < 4.78 is 0. The lowest BCUT2D eigenvalue weighted by Crippen LogP contribution is -2.44. The first-order valence-electron chi connectivity index (χ1n) is 7.98. The van der Waals surface area contributed by atoms with Gasteiger partial charge in [0.2, 0.25) is 0 Å². The van der Waals surface area contributed by atoms with Crippen molar-refractivity contribution in [2.75, 3.05) is 6.54 Å². The summed E-state index contributed by atoms with van der Waals surface area (Å²) >= 11 is 6.15. The topological polar surface area (TPSA) is 24.4 Å². The Bertz CT molecular complexity index is 833. The molecule has 24 heavy (non-hydrogen) atoms. The smallest absolute Gasteiger partial charge is 0.129 e. The highest BCUT2D eigenvalue weighted by Gasteiger charge is 2.39. The van der Waals surface area contributed by atoms with Crippen molar-refractivity contribution in [1.29, 1.82) is 0 Å². The van der Waals surface area contributed by atoms with Gasteiger partial charge in [0.15, 0.2) is 0 Å². The molecule has 0 saturated carbocycles. The van der Waals surface area contributed by atoms with E-state index in [9.17, 15) is 0 Å². The number of hydrogen-bond acceptors (Lipinski definition) is 2. The highest BCUT2D eigenvalue weighted by Crippen LogP contribution is 2.34. The molecule has 1 aliphatic rings. The Hall–Kier alpha value is -2.58. The van der Waals surface area contributed by atoms with E-state index in [0.29, 0.717) is 11.6 Å². The zero-order valence-corrected chi connectivity index (χ0v) is 13.9. The van der Waals surface area contributed by atoms with Crippen LogP contribution in [0.3, 0.4) is 0 Å². The monoisotopic (exact) mass is 332 g/mol. The zero-order valence-electron chi connectivity index (χ0n) is 13.1. The van der Waals surface area contributed by atoms with Crippen LogP contribution in [0.4, 0.5) is 0 Å². The van der Waals surface area contributed by atoms with Gasteiger partial charge in [0.05, 0.1) is 6.54 Å². The van der Waals surface area contributed by atoms with Crippen LogP contribution < -0.4 is 5.32 Å². The van der Waals surface area contributed by atoms with Crippen molar-refractivity contribution in [1.82, 2.24) is 5.32 Å². The summed E-state index contributed by atoms with van der Waals surface area (Å²) in [6, 6.07) is 28.8. The third-order valence-corrected chi connectivity index (χ3v) is 4.67. The average Bonchev–Trinajstić information content (AvgIpc) is 3.10. The molecule has 0 radical (unpaired) electrons. The molecule has 118 valence electrons. The van der Waals surface area contributed by atoms with Gasteiger partial charge in [-0.25, -0.2) is 0 Å². The largest absolute Gasteiger partial charge is 0.355 e. The van der Waals surface area contributed by atoms with Crippen LogP contribution in [-0.4, -0.2) is 12.4 Å². The van der Waals surface area contributed by atoms with Crippen molar-refractivity contribution in [2.45, 2.75) is 5.54 Å². The number of halogens is 1. The molecule has 0 unspecified atom stereocenters. The van der Waals surface area contributed by atoms with Crippen LogP contribution in [0.5, 0.6) is 0 Å². The van der Waals surface area contributed by atoms with Gasteiger partial charge in [-0.1, -0.05) is 84.4 Å². The highest BCUT2D eigenvalue weighted by molar-refractivity contribution is 6.31. The summed E-state index contributed by atoms with van der Waals surface area (Å²) in [6.45, 7) is 0.656. The van der Waals surface area contributed by atoms with Gasteiger partial charge in [-0.15, -0.1) is 0 Å². The molecule has 3 aromatic rings. The fourth-order valence-corrected chi connectivity index (χ4v) is 3.41. The molecule has 0 amide bonds. The van der Waals surface area contributed by atoms with Gasteiger partial charge in [0.1, 0.15) is 11.4 Å². The fourth-order valence-electron chi connectivity index (χ4n) is 3.22. The Morgan fingerprint density at radius 2 is 1.42 bits per heavy atom. The van der Waals surface area contributed by atoms with Crippen molar-refractivity contribution in [2.24, 2.45) is 4.99 Å². The Labute approximate surface area is 146 Å². The van der Waals surface area contributed by atoms with Crippen LogP contribution in [0, 0.1) is 0 Å². The molecule has 0 bridgehead atoms. The Morgan fingerprint density at radius 1 is 0.792 bits per heavy atom. The second-order valence-electron chi connectivity index (χ2n) is 5.94. The van der Waals surface area contributed by atoms with Crippen molar-refractivity contribution in [3.63, 3.8) is 0 Å². The second kappa shape index (κ2) is 6.14. The normalized spacial score (nSPS) is 15.6. The number of nitrogens with one attached hydrogen (secondary N) is 1. The van der Waals surface area contributed by atoms with E-state index in [0.717, 1.165) is 11.4 Å². The lowest BCUT2D eigenvalue weighted by atomic mass is 9.83. The van der Waals surface area contributed by atoms with Gasteiger partial charge >= 0.3 is 0 Å². The number of aliphatic imine (C=N–C) groups is 1. The summed E-state index contributed by atoms with van der Waals surface area (Å²) in [5.41, 5.74) is 3.07. The second-order valence-corrected chi connectivity index (χ2v) is 6.37. The van der Waals surface area contributed by atoms with Crippen LogP contribution in [0.1, 0.15) is 16.7 Å². The molecule has 4 rings (SSSR count). The summed E-state index contributed by atoms with van der Waals surface area (Å²) in [6.07, 6.45) is 0. The number of nitrogens with zero attached hydrogens (tertiary/aromatic N) is 1. The Balaban J connectivity index is 1.78. The van der Waals surface area contributed by atoms with Gasteiger partial charge in [0.25, 0.3) is 0 Å². The fraction of sp³-hybridized carbons (Fsp3) is 0.0952. The molecule has 0 saturated heterocycles. The molecular formula is C21H17ClN2. The van der Waals surface area contributed by atoms with Crippen LogP contribution >= 0.6 is 11.6 Å². The predicted octanol–water partition coefficient (Wildman–Crippen LogP) is 4.63. The Morgan fingerprint density at radius 3 is 2.00 bits per heavy atom. The minimum Gasteiger partial charge on any atom is -0.355 e. The summed E-state index contributed by atoms with van der Waals surface area (Å²) in [5.74, 6) is 0.880. The molecule has 0 atom stereocenters. The van der Waals surface area contributed by atoms with E-state index in [1.165, 1.54) is 11.1 Å². The van der Waals surface area contributed by atoms with E-state index in [4.69, 9.17) is 16.6 Å². The number of rotatable bonds is 3. The summed E-state index contributed by atoms with van der Waals surface area (Å²) in [7, 11) is 0. The third kappa shape index (κ3) is 2.59. The quantitative estimate of drug-likeness (QED) is 0.742. The van der Waals surface area contributed by atoms with Crippen LogP contribution in [0.15, 0.2) is 89.9 Å². The highest BCUT2D eigenvalue weighted by atomic mass is 35.5. The molecule has 1 aliphatic heterocycles. The molecule has 0 aliphatic carbocycles. The van der Waals surface area contributed by atoms with Gasteiger partial charge in [-0.05, 0) is 23.3 Å². The van der Waals surface area contributed by atoms with Crippen molar-refractivity contribution in [3.05, 3.63) is 107 Å².